The van der Waals surface area contributed by atoms with Crippen molar-refractivity contribution in [3.63, 3.8) is 0 Å². The van der Waals surface area contributed by atoms with E-state index in [0.29, 0.717) is 17.5 Å². The first-order chi connectivity index (χ1) is 10.1. The third-order valence-corrected chi connectivity index (χ3v) is 6.22. The van der Waals surface area contributed by atoms with Crippen LogP contribution in [0.1, 0.15) is 25.7 Å². The van der Waals surface area contributed by atoms with E-state index in [2.05, 4.69) is 15.2 Å². The monoisotopic (exact) mass is 309 g/mol. The number of anilines is 1. The molecule has 0 spiro atoms. The predicted molar refractivity (Wildman–Crippen MR) is 84.3 cm³/mol. The number of piperidine rings is 1. The summed E-state index contributed by atoms with van der Waals surface area (Å²) in [5.41, 5.74) is 0. The van der Waals surface area contributed by atoms with Gasteiger partial charge < -0.3 is 10.2 Å². The highest BCUT2D eigenvalue weighted by molar-refractivity contribution is 7.91. The van der Waals surface area contributed by atoms with E-state index in [0.717, 1.165) is 44.6 Å². The lowest BCUT2D eigenvalue weighted by atomic mass is 10.0. The van der Waals surface area contributed by atoms with Crippen molar-refractivity contribution in [2.45, 2.75) is 37.8 Å². The van der Waals surface area contributed by atoms with Gasteiger partial charge in [0.1, 0.15) is 5.82 Å². The number of pyridine rings is 1. The molecule has 2 aliphatic heterocycles. The van der Waals surface area contributed by atoms with Crippen LogP contribution in [0.5, 0.6) is 0 Å². The van der Waals surface area contributed by atoms with Crippen molar-refractivity contribution in [3.05, 3.63) is 24.4 Å². The molecule has 2 aliphatic rings. The number of nitrogens with one attached hydrogen (secondary N) is 1. The van der Waals surface area contributed by atoms with Gasteiger partial charge in [0.15, 0.2) is 9.84 Å². The molecule has 1 aromatic heterocycles. The van der Waals surface area contributed by atoms with Crippen molar-refractivity contribution in [2.24, 2.45) is 0 Å². The van der Waals surface area contributed by atoms with E-state index in [-0.39, 0.29) is 6.04 Å². The summed E-state index contributed by atoms with van der Waals surface area (Å²) in [7, 11) is -2.82. The molecule has 6 heteroatoms. The van der Waals surface area contributed by atoms with Crippen LogP contribution in [0, 0.1) is 0 Å². The second-order valence-electron chi connectivity index (χ2n) is 6.07. The SMILES string of the molecule is O=S1(=O)CCCC(NC2CCN(c3ccccn3)CC2)C1. The van der Waals surface area contributed by atoms with Gasteiger partial charge in [0.2, 0.25) is 0 Å². The topological polar surface area (TPSA) is 62.3 Å². The maximum absolute atomic E-state index is 11.7. The maximum Gasteiger partial charge on any atom is 0.151 e. The number of sulfone groups is 1. The largest absolute Gasteiger partial charge is 0.357 e. The van der Waals surface area contributed by atoms with Gasteiger partial charge in [-0.2, -0.15) is 0 Å². The Morgan fingerprint density at radius 3 is 2.62 bits per heavy atom. The molecule has 1 N–H and O–H groups in total. The number of nitrogens with zero attached hydrogens (tertiary/aromatic N) is 2. The second kappa shape index (κ2) is 6.32. The van der Waals surface area contributed by atoms with Gasteiger partial charge in [0, 0.05) is 31.4 Å². The molecule has 3 rings (SSSR count). The molecule has 0 radical (unpaired) electrons. The second-order valence-corrected chi connectivity index (χ2v) is 8.30. The number of aromatic nitrogens is 1. The first-order valence-electron chi connectivity index (χ1n) is 7.75. The van der Waals surface area contributed by atoms with Crippen LogP contribution in [0.15, 0.2) is 24.4 Å². The summed E-state index contributed by atoms with van der Waals surface area (Å²) >= 11 is 0. The predicted octanol–water partition coefficient (Wildman–Crippen LogP) is 1.22. The zero-order valence-electron chi connectivity index (χ0n) is 12.2. The van der Waals surface area contributed by atoms with E-state index in [1.165, 1.54) is 0 Å². The Kier molecular flexibility index (Phi) is 4.45. The summed E-state index contributed by atoms with van der Waals surface area (Å²) in [6.07, 6.45) is 5.71. The molecule has 1 aromatic rings. The highest BCUT2D eigenvalue weighted by Crippen LogP contribution is 2.19. The average molecular weight is 309 g/mol. The van der Waals surface area contributed by atoms with Crippen LogP contribution < -0.4 is 10.2 Å². The molecule has 0 amide bonds. The summed E-state index contributed by atoms with van der Waals surface area (Å²) in [6, 6.07) is 6.57. The Labute approximate surface area is 126 Å². The van der Waals surface area contributed by atoms with Crippen molar-refractivity contribution in [1.29, 1.82) is 0 Å². The Balaban J connectivity index is 1.50. The molecule has 1 atom stereocenters. The fourth-order valence-corrected chi connectivity index (χ4v) is 4.95. The average Bonchev–Trinajstić information content (AvgIpc) is 2.48. The van der Waals surface area contributed by atoms with Crippen LogP contribution in [0.2, 0.25) is 0 Å². The number of rotatable bonds is 3. The van der Waals surface area contributed by atoms with Crippen LogP contribution >= 0.6 is 0 Å². The standard InChI is InChI=1S/C15H23N3O2S/c19-21(20)11-3-4-14(12-21)17-13-6-9-18(10-7-13)15-5-1-2-8-16-15/h1-2,5,8,13-14,17H,3-4,6-7,9-12H2. The van der Waals surface area contributed by atoms with Gasteiger partial charge in [-0.15, -0.1) is 0 Å². The molecular formula is C15H23N3O2S. The molecular weight excluding hydrogens is 286 g/mol. The maximum atomic E-state index is 11.7. The lowest BCUT2D eigenvalue weighted by Crippen LogP contribution is -2.49. The molecule has 1 unspecified atom stereocenters. The molecule has 5 nitrogen and oxygen atoms in total. The summed E-state index contributed by atoms with van der Waals surface area (Å²) in [5.74, 6) is 1.72. The van der Waals surface area contributed by atoms with Crippen molar-refractivity contribution < 1.29 is 8.42 Å². The Morgan fingerprint density at radius 1 is 1.14 bits per heavy atom. The fraction of sp³-hybridized carbons (Fsp3) is 0.667. The number of hydrogen-bond acceptors (Lipinski definition) is 5. The minimum Gasteiger partial charge on any atom is -0.357 e. The van der Waals surface area contributed by atoms with Gasteiger partial charge in [-0.05, 0) is 37.8 Å². The fourth-order valence-electron chi connectivity index (χ4n) is 3.30. The van der Waals surface area contributed by atoms with Crippen LogP contribution in [-0.4, -0.2) is 50.1 Å². The van der Waals surface area contributed by atoms with Gasteiger partial charge in [-0.1, -0.05) is 6.07 Å². The molecule has 2 saturated heterocycles. The van der Waals surface area contributed by atoms with E-state index in [1.807, 2.05) is 24.4 Å². The molecule has 0 aromatic carbocycles. The zero-order valence-corrected chi connectivity index (χ0v) is 13.1. The third kappa shape index (κ3) is 3.95. The van der Waals surface area contributed by atoms with Crippen molar-refractivity contribution in [2.75, 3.05) is 29.5 Å². The van der Waals surface area contributed by atoms with Gasteiger partial charge in [0.25, 0.3) is 0 Å². The first-order valence-corrected chi connectivity index (χ1v) is 9.57. The molecule has 21 heavy (non-hydrogen) atoms. The van der Waals surface area contributed by atoms with Crippen LogP contribution in [0.3, 0.4) is 0 Å². The normalized spacial score (nSPS) is 26.7. The lowest BCUT2D eigenvalue weighted by molar-refractivity contribution is 0.360. The quantitative estimate of drug-likeness (QED) is 0.909. The van der Waals surface area contributed by atoms with E-state index in [1.54, 1.807) is 0 Å². The molecule has 0 aliphatic carbocycles. The van der Waals surface area contributed by atoms with Gasteiger partial charge in [0.05, 0.1) is 11.5 Å². The third-order valence-electron chi connectivity index (χ3n) is 4.40. The molecule has 3 heterocycles. The van der Waals surface area contributed by atoms with Crippen LogP contribution in [-0.2, 0) is 9.84 Å². The molecule has 116 valence electrons. The Hall–Kier alpha value is -1.14. The first kappa shape index (κ1) is 14.8. The van der Waals surface area contributed by atoms with Crippen molar-refractivity contribution in [3.8, 4) is 0 Å². The molecule has 2 fully saturated rings. The summed E-state index contributed by atoms with van der Waals surface area (Å²) in [6.45, 7) is 1.96. The highest BCUT2D eigenvalue weighted by Gasteiger charge is 2.28. The Morgan fingerprint density at radius 2 is 1.95 bits per heavy atom. The van der Waals surface area contributed by atoms with E-state index < -0.39 is 9.84 Å². The van der Waals surface area contributed by atoms with Gasteiger partial charge in [-0.3, -0.25) is 0 Å². The Bertz CT molecular complexity index is 554. The van der Waals surface area contributed by atoms with E-state index >= 15 is 0 Å². The van der Waals surface area contributed by atoms with Gasteiger partial charge >= 0.3 is 0 Å². The number of hydrogen-bond donors (Lipinski definition) is 1. The summed E-state index contributed by atoms with van der Waals surface area (Å²) in [4.78, 5) is 6.69. The van der Waals surface area contributed by atoms with Crippen LogP contribution in [0.25, 0.3) is 0 Å². The smallest absolute Gasteiger partial charge is 0.151 e. The van der Waals surface area contributed by atoms with Crippen LogP contribution in [0.4, 0.5) is 5.82 Å². The van der Waals surface area contributed by atoms with E-state index in [4.69, 9.17) is 0 Å². The summed E-state index contributed by atoms with van der Waals surface area (Å²) < 4.78 is 23.4. The molecule has 0 saturated carbocycles. The summed E-state index contributed by atoms with van der Waals surface area (Å²) in [5, 5.41) is 3.56. The van der Waals surface area contributed by atoms with E-state index in [9.17, 15) is 8.42 Å². The van der Waals surface area contributed by atoms with Crippen molar-refractivity contribution >= 4 is 15.7 Å². The minimum atomic E-state index is -2.82. The highest BCUT2D eigenvalue weighted by atomic mass is 32.2. The zero-order chi connectivity index (χ0) is 14.7. The molecule has 0 bridgehead atoms. The van der Waals surface area contributed by atoms with Crippen molar-refractivity contribution in [1.82, 2.24) is 10.3 Å². The lowest BCUT2D eigenvalue weighted by Gasteiger charge is -2.36. The minimum absolute atomic E-state index is 0.148. The van der Waals surface area contributed by atoms with Gasteiger partial charge in [-0.25, -0.2) is 13.4 Å².